The highest BCUT2D eigenvalue weighted by Crippen LogP contribution is 2.18. The maximum atomic E-state index is 9.32. The van der Waals surface area contributed by atoms with Crippen molar-refractivity contribution in [2.24, 2.45) is 5.92 Å². The molecule has 1 saturated heterocycles. The molecule has 14 heavy (non-hydrogen) atoms. The van der Waals surface area contributed by atoms with Gasteiger partial charge >= 0.3 is 0 Å². The fourth-order valence-electron chi connectivity index (χ4n) is 1.75. The first-order valence-corrected chi connectivity index (χ1v) is 5.67. The van der Waals surface area contributed by atoms with Crippen molar-refractivity contribution in [2.45, 2.75) is 53.2 Å². The van der Waals surface area contributed by atoms with E-state index in [9.17, 15) is 5.21 Å². The molecule has 2 atom stereocenters. The van der Waals surface area contributed by atoms with Gasteiger partial charge in [0.15, 0.2) is 0 Å². The highest BCUT2D eigenvalue weighted by molar-refractivity contribution is 4.73. The van der Waals surface area contributed by atoms with E-state index in [0.717, 1.165) is 13.0 Å². The van der Waals surface area contributed by atoms with Crippen molar-refractivity contribution in [3.63, 3.8) is 0 Å². The van der Waals surface area contributed by atoms with Crippen LogP contribution in [0, 0.1) is 5.92 Å². The van der Waals surface area contributed by atoms with Gasteiger partial charge in [0.05, 0.1) is 18.8 Å². The van der Waals surface area contributed by atoms with Crippen molar-refractivity contribution in [2.75, 3.05) is 13.1 Å². The van der Waals surface area contributed by atoms with Gasteiger partial charge in [-0.1, -0.05) is 20.8 Å². The van der Waals surface area contributed by atoms with Crippen molar-refractivity contribution < 1.29 is 9.94 Å². The van der Waals surface area contributed by atoms with Crippen LogP contribution in [0.25, 0.3) is 0 Å². The average molecular weight is 203 g/mol. The zero-order valence-electron chi connectivity index (χ0n) is 10.2. The van der Waals surface area contributed by atoms with E-state index in [1.165, 1.54) is 5.06 Å². The number of nitrogens with zero attached hydrogens (tertiary/aromatic N) is 1. The first-order chi connectivity index (χ1) is 6.58. The summed E-state index contributed by atoms with van der Waals surface area (Å²) in [5, 5.41) is 10.7. The molecule has 0 aromatic carbocycles. The van der Waals surface area contributed by atoms with E-state index < -0.39 is 0 Å². The molecule has 1 aliphatic rings. The lowest BCUT2D eigenvalue weighted by atomic mass is 9.99. The Morgan fingerprint density at radius 1 is 1.29 bits per heavy atom. The Morgan fingerprint density at radius 2 is 1.86 bits per heavy atom. The van der Waals surface area contributed by atoms with Crippen LogP contribution < -0.4 is 0 Å². The van der Waals surface area contributed by atoms with Crippen molar-refractivity contribution >= 4 is 0 Å². The molecule has 1 N–H and O–H groups in total. The number of hydroxylamine groups is 2. The summed E-state index contributed by atoms with van der Waals surface area (Å²) in [6.45, 7) is 11.6. The Balaban J connectivity index is 0.000000791. The van der Waals surface area contributed by atoms with E-state index >= 15 is 0 Å². The minimum atomic E-state index is 0.207. The van der Waals surface area contributed by atoms with E-state index in [0.29, 0.717) is 12.5 Å². The monoisotopic (exact) mass is 203 g/mol. The molecule has 0 amide bonds. The maximum absolute atomic E-state index is 9.32. The molecule has 0 saturated carbocycles. The quantitative estimate of drug-likeness (QED) is 0.748. The molecule has 1 aliphatic heterocycles. The highest BCUT2D eigenvalue weighted by atomic mass is 16.5. The molecule has 1 rings (SSSR count). The van der Waals surface area contributed by atoms with Crippen molar-refractivity contribution in [3.05, 3.63) is 0 Å². The highest BCUT2D eigenvalue weighted by Gasteiger charge is 2.24. The van der Waals surface area contributed by atoms with E-state index in [1.807, 2.05) is 27.7 Å². The molecule has 0 radical (unpaired) electrons. The number of hydrogen-bond acceptors (Lipinski definition) is 3. The Kier molecular flexibility index (Phi) is 7.15. The van der Waals surface area contributed by atoms with E-state index in [1.54, 1.807) is 0 Å². The van der Waals surface area contributed by atoms with Crippen LogP contribution >= 0.6 is 0 Å². The fraction of sp³-hybridized carbons (Fsp3) is 1.00. The van der Waals surface area contributed by atoms with Gasteiger partial charge in [0, 0.05) is 6.54 Å². The minimum absolute atomic E-state index is 0.207. The summed E-state index contributed by atoms with van der Waals surface area (Å²) in [7, 11) is 0. The fourth-order valence-corrected chi connectivity index (χ4v) is 1.75. The second kappa shape index (κ2) is 7.21. The average Bonchev–Trinajstić information content (AvgIpc) is 2.04. The summed E-state index contributed by atoms with van der Waals surface area (Å²) in [4.78, 5) is 0. The number of rotatable bonds is 2. The maximum Gasteiger partial charge on any atom is 0.0731 e. The third kappa shape index (κ3) is 5.58. The molecular formula is C11H25NO2. The van der Waals surface area contributed by atoms with Crippen LogP contribution in [0.4, 0.5) is 0 Å². The molecule has 2 unspecified atom stereocenters. The lowest BCUT2D eigenvalue weighted by molar-refractivity contribution is -0.163. The number of ether oxygens (including phenoxy) is 1. The summed E-state index contributed by atoms with van der Waals surface area (Å²) >= 11 is 0. The third-order valence-corrected chi connectivity index (χ3v) is 2.07. The first-order valence-electron chi connectivity index (χ1n) is 5.67. The molecule has 0 aliphatic carbocycles. The summed E-state index contributed by atoms with van der Waals surface area (Å²) in [5.74, 6) is 0.535. The van der Waals surface area contributed by atoms with Crippen molar-refractivity contribution in [1.29, 1.82) is 0 Å². The molecule has 86 valence electrons. The van der Waals surface area contributed by atoms with E-state index in [-0.39, 0.29) is 12.2 Å². The van der Waals surface area contributed by atoms with Crippen LogP contribution in [0.2, 0.25) is 0 Å². The SMILES string of the molecule is CC.CC1CC(OC(C)C)CN(O)C1. The van der Waals surface area contributed by atoms with Crippen molar-refractivity contribution in [1.82, 2.24) is 5.06 Å². The Bertz CT molecular complexity index is 126. The Morgan fingerprint density at radius 3 is 2.29 bits per heavy atom. The molecule has 3 heteroatoms. The smallest absolute Gasteiger partial charge is 0.0731 e. The Labute approximate surface area is 88.0 Å². The molecule has 0 aromatic rings. The molecule has 1 fully saturated rings. The van der Waals surface area contributed by atoms with Gasteiger partial charge in [0.1, 0.15) is 0 Å². The number of piperidine rings is 1. The second-order valence-corrected chi connectivity index (χ2v) is 4.02. The molecule has 0 bridgehead atoms. The predicted molar refractivity (Wildman–Crippen MR) is 58.5 cm³/mol. The van der Waals surface area contributed by atoms with Gasteiger partial charge < -0.3 is 9.94 Å². The Hall–Kier alpha value is -0.120. The molecular weight excluding hydrogens is 178 g/mol. The van der Waals surface area contributed by atoms with Gasteiger partial charge in [-0.05, 0) is 26.2 Å². The first kappa shape index (κ1) is 13.9. The van der Waals surface area contributed by atoms with Crippen LogP contribution in [0.1, 0.15) is 41.0 Å². The van der Waals surface area contributed by atoms with Gasteiger partial charge in [-0.25, -0.2) is 0 Å². The molecule has 0 aromatic heterocycles. The minimum Gasteiger partial charge on any atom is -0.374 e. The number of hydrogen-bond donors (Lipinski definition) is 1. The third-order valence-electron chi connectivity index (χ3n) is 2.07. The topological polar surface area (TPSA) is 32.7 Å². The summed E-state index contributed by atoms with van der Waals surface area (Å²) in [5.41, 5.74) is 0. The molecule has 3 nitrogen and oxygen atoms in total. The van der Waals surface area contributed by atoms with E-state index in [4.69, 9.17) is 4.74 Å². The summed E-state index contributed by atoms with van der Waals surface area (Å²) < 4.78 is 5.63. The lowest BCUT2D eigenvalue weighted by Crippen LogP contribution is -2.42. The summed E-state index contributed by atoms with van der Waals surface area (Å²) in [6, 6.07) is 0. The van der Waals surface area contributed by atoms with Gasteiger partial charge in [-0.3, -0.25) is 0 Å². The molecule has 1 heterocycles. The molecule has 0 spiro atoms. The van der Waals surface area contributed by atoms with Gasteiger partial charge in [-0.2, -0.15) is 5.06 Å². The van der Waals surface area contributed by atoms with Gasteiger partial charge in [0.25, 0.3) is 0 Å². The van der Waals surface area contributed by atoms with Gasteiger partial charge in [0.2, 0.25) is 0 Å². The second-order valence-electron chi connectivity index (χ2n) is 4.02. The van der Waals surface area contributed by atoms with Crippen LogP contribution in [0.3, 0.4) is 0 Å². The van der Waals surface area contributed by atoms with E-state index in [2.05, 4.69) is 6.92 Å². The standard InChI is InChI=1S/C9H19NO2.C2H6/c1-7(2)12-9-4-8(3)5-10(11)6-9;1-2/h7-9,11H,4-6H2,1-3H3;1-2H3. The largest absolute Gasteiger partial charge is 0.374 e. The van der Waals surface area contributed by atoms with Crippen LogP contribution in [0.15, 0.2) is 0 Å². The summed E-state index contributed by atoms with van der Waals surface area (Å²) in [6.07, 6.45) is 1.53. The van der Waals surface area contributed by atoms with Crippen LogP contribution in [0.5, 0.6) is 0 Å². The van der Waals surface area contributed by atoms with Gasteiger partial charge in [-0.15, -0.1) is 0 Å². The van der Waals surface area contributed by atoms with Crippen LogP contribution in [-0.4, -0.2) is 35.6 Å². The zero-order valence-corrected chi connectivity index (χ0v) is 10.2. The van der Waals surface area contributed by atoms with Crippen molar-refractivity contribution in [3.8, 4) is 0 Å². The zero-order chi connectivity index (χ0) is 11.1. The normalized spacial score (nSPS) is 28.5. The lowest BCUT2D eigenvalue weighted by Gasteiger charge is -2.33. The van der Waals surface area contributed by atoms with Crippen LogP contribution in [-0.2, 0) is 4.74 Å². The predicted octanol–water partition coefficient (Wildman–Crippen LogP) is 2.54.